The monoisotopic (exact) mass is 327 g/mol. The number of aromatic nitrogens is 1. The van der Waals surface area contributed by atoms with Crippen molar-refractivity contribution in [3.63, 3.8) is 0 Å². The molecule has 2 N–H and O–H groups in total. The molecule has 1 fully saturated rings. The van der Waals surface area contributed by atoms with E-state index in [4.69, 9.17) is 11.6 Å². The van der Waals surface area contributed by atoms with Crippen LogP contribution < -0.4 is 10.6 Å². The van der Waals surface area contributed by atoms with Gasteiger partial charge in [-0.2, -0.15) is 11.8 Å². The lowest BCUT2D eigenvalue weighted by Crippen LogP contribution is -2.45. The number of amides is 1. The summed E-state index contributed by atoms with van der Waals surface area (Å²) in [6, 6.07) is 1.72. The van der Waals surface area contributed by atoms with Gasteiger partial charge in [0.05, 0.1) is 10.6 Å². The van der Waals surface area contributed by atoms with Crippen LogP contribution in [0.25, 0.3) is 0 Å². The van der Waals surface area contributed by atoms with Gasteiger partial charge in [-0.15, -0.1) is 0 Å². The zero-order chi connectivity index (χ0) is 15.3. The lowest BCUT2D eigenvalue weighted by atomic mass is 9.84. The molecule has 1 amide bonds. The molecule has 0 aliphatic heterocycles. The Morgan fingerprint density at radius 1 is 1.52 bits per heavy atom. The average Bonchev–Trinajstić information content (AvgIpc) is 2.45. The molecule has 0 unspecified atom stereocenters. The zero-order valence-electron chi connectivity index (χ0n) is 12.5. The van der Waals surface area contributed by atoms with Gasteiger partial charge in [0.15, 0.2) is 0 Å². The van der Waals surface area contributed by atoms with Gasteiger partial charge in [-0.1, -0.05) is 24.9 Å². The molecule has 0 bridgehead atoms. The van der Waals surface area contributed by atoms with Crippen molar-refractivity contribution in [2.24, 2.45) is 0 Å². The summed E-state index contributed by atoms with van der Waals surface area (Å²) < 4.78 is 0.221. The molecule has 1 aromatic heterocycles. The van der Waals surface area contributed by atoms with Crippen molar-refractivity contribution in [3.8, 4) is 0 Å². The van der Waals surface area contributed by atoms with Crippen molar-refractivity contribution < 1.29 is 4.79 Å². The van der Waals surface area contributed by atoms with Crippen LogP contribution in [0.3, 0.4) is 0 Å². The summed E-state index contributed by atoms with van der Waals surface area (Å²) in [4.78, 5) is 16.5. The van der Waals surface area contributed by atoms with E-state index in [1.165, 1.54) is 25.5 Å². The third-order valence-electron chi connectivity index (χ3n) is 3.92. The fourth-order valence-corrected chi connectivity index (χ4v) is 3.43. The van der Waals surface area contributed by atoms with Crippen molar-refractivity contribution in [1.29, 1.82) is 0 Å². The van der Waals surface area contributed by atoms with Gasteiger partial charge >= 0.3 is 0 Å². The molecule has 0 spiro atoms. The molecule has 1 aromatic rings. The summed E-state index contributed by atoms with van der Waals surface area (Å²) in [5.74, 6) is 0.567. The van der Waals surface area contributed by atoms with Gasteiger partial charge < -0.3 is 10.6 Å². The maximum absolute atomic E-state index is 12.3. The Bertz CT molecular complexity index is 500. The van der Waals surface area contributed by atoms with E-state index < -0.39 is 0 Å². The number of hydrogen-bond acceptors (Lipinski definition) is 4. The van der Waals surface area contributed by atoms with Gasteiger partial charge in [0.25, 0.3) is 5.91 Å². The molecule has 116 valence electrons. The number of thioether (sulfide) groups is 1. The summed E-state index contributed by atoms with van der Waals surface area (Å²) in [6.45, 7) is 3.60. The summed E-state index contributed by atoms with van der Waals surface area (Å²) in [5, 5.41) is 6.58. The highest BCUT2D eigenvalue weighted by Crippen LogP contribution is 2.42. The fraction of sp³-hybridized carbons (Fsp3) is 0.600. The van der Waals surface area contributed by atoms with Crippen molar-refractivity contribution in [1.82, 2.24) is 10.3 Å². The Morgan fingerprint density at radius 2 is 2.29 bits per heavy atom. The van der Waals surface area contributed by atoms with Gasteiger partial charge in [-0.25, -0.2) is 4.98 Å². The molecule has 6 heteroatoms. The zero-order valence-corrected chi connectivity index (χ0v) is 14.1. The first-order chi connectivity index (χ1) is 10.1. The second-order valence-corrected chi connectivity index (χ2v) is 7.08. The number of carbonyl (C=O) groups excluding carboxylic acids is 1. The van der Waals surface area contributed by atoms with Crippen LogP contribution in [0, 0.1) is 0 Å². The van der Waals surface area contributed by atoms with Crippen LogP contribution in [-0.4, -0.2) is 35.0 Å². The molecule has 0 radical (unpaired) electrons. The lowest BCUT2D eigenvalue weighted by molar-refractivity contribution is 0.0944. The quantitative estimate of drug-likeness (QED) is 0.804. The molecular formula is C15H22ClN3OS. The lowest BCUT2D eigenvalue weighted by Gasteiger charge is -2.40. The van der Waals surface area contributed by atoms with Crippen LogP contribution in [0.15, 0.2) is 12.3 Å². The predicted octanol–water partition coefficient (Wildman–Crippen LogP) is 3.57. The molecule has 1 aliphatic carbocycles. The van der Waals surface area contributed by atoms with Gasteiger partial charge in [-0.05, 0) is 31.6 Å². The number of nitrogens with zero attached hydrogens (tertiary/aromatic N) is 1. The number of halogens is 1. The molecule has 4 nitrogen and oxygen atoms in total. The van der Waals surface area contributed by atoms with Crippen LogP contribution in [0.5, 0.6) is 0 Å². The number of hydrogen-bond donors (Lipinski definition) is 2. The number of nitrogens with one attached hydrogen (secondary N) is 2. The smallest absolute Gasteiger partial charge is 0.253 e. The maximum atomic E-state index is 12.3. The highest BCUT2D eigenvalue weighted by molar-refractivity contribution is 8.00. The SMILES string of the molecule is CCCNc1cc(C(=O)NCC2(SC)CCC2)c(Cl)cn1. The van der Waals surface area contributed by atoms with E-state index in [1.807, 2.05) is 11.8 Å². The van der Waals surface area contributed by atoms with Crippen LogP contribution in [0.2, 0.25) is 5.02 Å². The fourth-order valence-electron chi connectivity index (χ4n) is 2.32. The van der Waals surface area contributed by atoms with Crippen molar-refractivity contribution >= 4 is 35.1 Å². The average molecular weight is 328 g/mol. The van der Waals surface area contributed by atoms with Crippen LogP contribution in [-0.2, 0) is 0 Å². The first kappa shape index (κ1) is 16.4. The summed E-state index contributed by atoms with van der Waals surface area (Å²) in [7, 11) is 0. The van der Waals surface area contributed by atoms with Gasteiger partial charge in [-0.3, -0.25) is 4.79 Å². The molecule has 0 aromatic carbocycles. The minimum atomic E-state index is -0.123. The summed E-state index contributed by atoms with van der Waals surface area (Å²) in [6.07, 6.45) is 8.23. The highest BCUT2D eigenvalue weighted by atomic mass is 35.5. The summed E-state index contributed by atoms with van der Waals surface area (Å²) in [5.41, 5.74) is 0.487. The minimum absolute atomic E-state index is 0.123. The first-order valence-electron chi connectivity index (χ1n) is 7.33. The Morgan fingerprint density at radius 3 is 2.86 bits per heavy atom. The van der Waals surface area contributed by atoms with Gasteiger partial charge in [0.2, 0.25) is 0 Å². The van der Waals surface area contributed by atoms with E-state index >= 15 is 0 Å². The van der Waals surface area contributed by atoms with E-state index in [9.17, 15) is 4.79 Å². The van der Waals surface area contributed by atoms with Crippen LogP contribution in [0.1, 0.15) is 43.0 Å². The van der Waals surface area contributed by atoms with Crippen molar-refractivity contribution in [2.45, 2.75) is 37.4 Å². The largest absolute Gasteiger partial charge is 0.370 e. The maximum Gasteiger partial charge on any atom is 0.253 e. The summed E-state index contributed by atoms with van der Waals surface area (Å²) >= 11 is 7.94. The Balaban J connectivity index is 2.00. The van der Waals surface area contributed by atoms with Crippen LogP contribution in [0.4, 0.5) is 5.82 Å². The molecule has 1 aliphatic rings. The number of carbonyl (C=O) groups is 1. The third kappa shape index (κ3) is 4.04. The topological polar surface area (TPSA) is 54.0 Å². The number of pyridine rings is 1. The molecule has 21 heavy (non-hydrogen) atoms. The van der Waals surface area contributed by atoms with Gasteiger partial charge in [0.1, 0.15) is 5.82 Å². The van der Waals surface area contributed by atoms with E-state index in [0.29, 0.717) is 22.9 Å². The predicted molar refractivity (Wildman–Crippen MR) is 90.5 cm³/mol. The standard InChI is InChI=1S/C15H22ClN3OS/c1-3-7-17-13-8-11(12(16)9-18-13)14(20)19-10-15(21-2)5-4-6-15/h8-9H,3-7,10H2,1-2H3,(H,17,18)(H,19,20). The second-order valence-electron chi connectivity index (χ2n) is 5.40. The van der Waals surface area contributed by atoms with E-state index in [2.05, 4.69) is 28.8 Å². The molecule has 1 heterocycles. The molecule has 0 saturated heterocycles. The molecule has 2 rings (SSSR count). The van der Waals surface area contributed by atoms with Crippen molar-refractivity contribution in [2.75, 3.05) is 24.7 Å². The highest BCUT2D eigenvalue weighted by Gasteiger charge is 2.36. The Kier molecular flexibility index (Phi) is 5.76. The normalized spacial score (nSPS) is 16.1. The minimum Gasteiger partial charge on any atom is -0.370 e. The number of anilines is 1. The molecular weight excluding hydrogens is 306 g/mol. The first-order valence-corrected chi connectivity index (χ1v) is 8.93. The van der Waals surface area contributed by atoms with Crippen molar-refractivity contribution in [3.05, 3.63) is 22.8 Å². The van der Waals surface area contributed by atoms with Crippen LogP contribution >= 0.6 is 23.4 Å². The van der Waals surface area contributed by atoms with E-state index in [0.717, 1.165) is 13.0 Å². The Hall–Kier alpha value is -0.940. The van der Waals surface area contributed by atoms with E-state index in [-0.39, 0.29) is 10.7 Å². The van der Waals surface area contributed by atoms with Gasteiger partial charge in [0, 0.05) is 24.0 Å². The Labute approximate surface area is 135 Å². The third-order valence-corrected chi connectivity index (χ3v) is 5.64. The second kappa shape index (κ2) is 7.36. The number of rotatable bonds is 7. The molecule has 1 saturated carbocycles. The molecule has 0 atom stereocenters. The van der Waals surface area contributed by atoms with E-state index in [1.54, 1.807) is 6.07 Å².